The van der Waals surface area contributed by atoms with Gasteiger partial charge in [0, 0.05) is 6.54 Å². The number of nitrogens with one attached hydrogen (secondary N) is 1. The first-order valence-corrected chi connectivity index (χ1v) is 3.94. The van der Waals surface area contributed by atoms with Crippen molar-refractivity contribution in [1.29, 1.82) is 0 Å². The van der Waals surface area contributed by atoms with Crippen LogP contribution in [0.5, 0.6) is 0 Å². The molecule has 1 aliphatic heterocycles. The molecule has 1 unspecified atom stereocenters. The lowest BCUT2D eigenvalue weighted by molar-refractivity contribution is -0.126. The third-order valence-electron chi connectivity index (χ3n) is 2.06. The lowest BCUT2D eigenvalue weighted by atomic mass is 10.0. The van der Waals surface area contributed by atoms with Crippen molar-refractivity contribution in [2.45, 2.75) is 25.3 Å². The summed E-state index contributed by atoms with van der Waals surface area (Å²) >= 11 is 0. The van der Waals surface area contributed by atoms with Crippen molar-refractivity contribution in [3.05, 3.63) is 0 Å². The molecule has 1 rings (SSSR count). The van der Waals surface area contributed by atoms with Gasteiger partial charge in [0.1, 0.15) is 6.04 Å². The molecule has 1 fully saturated rings. The van der Waals surface area contributed by atoms with Crippen LogP contribution < -0.4 is 11.3 Å². The Hall–Kier alpha value is -1.10. The van der Waals surface area contributed by atoms with Gasteiger partial charge in [-0.05, 0) is 19.3 Å². The minimum atomic E-state index is -0.416. The van der Waals surface area contributed by atoms with E-state index >= 15 is 0 Å². The molecule has 0 saturated carbocycles. The Bertz CT molecular complexity index is 183. The number of carbonyl (C=O) groups is 1. The number of hydrazine groups is 1. The average Bonchev–Trinajstić information content (AvgIpc) is 2.16. The quantitative estimate of drug-likeness (QED) is 0.314. The van der Waals surface area contributed by atoms with Crippen molar-refractivity contribution in [3.8, 4) is 0 Å². The first-order chi connectivity index (χ1) is 5.79. The summed E-state index contributed by atoms with van der Waals surface area (Å²) in [6.45, 7) is 0.599. The van der Waals surface area contributed by atoms with E-state index in [2.05, 4.69) is 0 Å². The second-order valence-electron chi connectivity index (χ2n) is 2.80. The van der Waals surface area contributed by atoms with E-state index in [4.69, 9.17) is 5.84 Å². The van der Waals surface area contributed by atoms with E-state index < -0.39 is 6.04 Å². The molecule has 0 aromatic carbocycles. The van der Waals surface area contributed by atoms with Crippen LogP contribution in [0.15, 0.2) is 0 Å². The first kappa shape index (κ1) is 8.99. The standard InChI is InChI=1S/C7H12N3O2/c8-9-7(12)6-3-1-2-4-10(6)5-11/h6H,1-4,8H2,(H,9,12). The molecule has 0 aromatic heterocycles. The van der Waals surface area contributed by atoms with Gasteiger partial charge in [0.2, 0.25) is 0 Å². The molecule has 5 heteroatoms. The summed E-state index contributed by atoms with van der Waals surface area (Å²) in [4.78, 5) is 22.8. The summed E-state index contributed by atoms with van der Waals surface area (Å²) < 4.78 is 0. The molecular formula is C7H12N3O2. The van der Waals surface area contributed by atoms with Gasteiger partial charge in [0.05, 0.1) is 0 Å². The average molecular weight is 170 g/mol. The fraction of sp³-hybridized carbons (Fsp3) is 0.714. The smallest absolute Gasteiger partial charge is 0.312 e. The summed E-state index contributed by atoms with van der Waals surface area (Å²) in [7, 11) is 0. The van der Waals surface area contributed by atoms with Crippen molar-refractivity contribution in [3.63, 3.8) is 0 Å². The van der Waals surface area contributed by atoms with E-state index in [1.807, 2.05) is 5.43 Å². The van der Waals surface area contributed by atoms with E-state index in [0.29, 0.717) is 13.0 Å². The Morgan fingerprint density at radius 1 is 1.58 bits per heavy atom. The van der Waals surface area contributed by atoms with E-state index in [1.165, 1.54) is 4.90 Å². The van der Waals surface area contributed by atoms with E-state index in [1.54, 1.807) is 6.41 Å². The largest absolute Gasteiger partial charge is 0.322 e. The number of nitrogens with zero attached hydrogens (tertiary/aromatic N) is 1. The zero-order valence-electron chi connectivity index (χ0n) is 6.75. The Morgan fingerprint density at radius 2 is 2.33 bits per heavy atom. The summed E-state index contributed by atoms with van der Waals surface area (Å²) in [6.07, 6.45) is 4.30. The van der Waals surface area contributed by atoms with Crippen molar-refractivity contribution in [2.75, 3.05) is 6.54 Å². The fourth-order valence-electron chi connectivity index (χ4n) is 1.41. The summed E-state index contributed by atoms with van der Waals surface area (Å²) in [5.74, 6) is 4.66. The number of likely N-dealkylation sites (tertiary alicyclic amines) is 1. The van der Waals surface area contributed by atoms with Gasteiger partial charge in [-0.1, -0.05) is 0 Å². The molecule has 12 heavy (non-hydrogen) atoms. The lowest BCUT2D eigenvalue weighted by Crippen LogP contribution is -2.50. The Labute approximate surface area is 70.9 Å². The molecule has 2 amide bonds. The Balaban J connectivity index is 2.58. The van der Waals surface area contributed by atoms with Gasteiger partial charge in [-0.15, -0.1) is 0 Å². The second kappa shape index (κ2) is 4.06. The Kier molecular flexibility index (Phi) is 3.04. The van der Waals surface area contributed by atoms with Crippen LogP contribution in [-0.4, -0.2) is 29.8 Å². The molecule has 0 bridgehead atoms. The molecule has 1 aliphatic rings. The molecule has 1 saturated heterocycles. The van der Waals surface area contributed by atoms with Gasteiger partial charge < -0.3 is 4.90 Å². The van der Waals surface area contributed by atoms with E-state index in [-0.39, 0.29) is 5.91 Å². The third-order valence-corrected chi connectivity index (χ3v) is 2.06. The topological polar surface area (TPSA) is 75.4 Å². The summed E-state index contributed by atoms with van der Waals surface area (Å²) in [6, 6.07) is -0.416. The number of hydrogen-bond acceptors (Lipinski definition) is 3. The molecule has 67 valence electrons. The fourth-order valence-corrected chi connectivity index (χ4v) is 1.41. The highest BCUT2D eigenvalue weighted by Gasteiger charge is 2.27. The number of hydrogen-bond donors (Lipinski definition) is 2. The highest BCUT2D eigenvalue weighted by Crippen LogP contribution is 2.14. The van der Waals surface area contributed by atoms with Crippen molar-refractivity contribution < 1.29 is 9.59 Å². The molecular weight excluding hydrogens is 158 g/mol. The highest BCUT2D eigenvalue weighted by atomic mass is 16.2. The van der Waals surface area contributed by atoms with Crippen LogP contribution in [0.2, 0.25) is 0 Å². The Morgan fingerprint density at radius 3 is 2.92 bits per heavy atom. The molecule has 3 N–H and O–H groups in total. The van der Waals surface area contributed by atoms with Crippen LogP contribution in [0, 0.1) is 0 Å². The number of rotatable bonds is 2. The van der Waals surface area contributed by atoms with Gasteiger partial charge >= 0.3 is 6.41 Å². The van der Waals surface area contributed by atoms with Crippen molar-refractivity contribution in [1.82, 2.24) is 10.3 Å². The van der Waals surface area contributed by atoms with Gasteiger partial charge in [-0.25, -0.2) is 5.84 Å². The van der Waals surface area contributed by atoms with Gasteiger partial charge in [-0.3, -0.25) is 15.0 Å². The molecule has 1 heterocycles. The predicted octanol–water partition coefficient (Wildman–Crippen LogP) is -1.10. The molecule has 5 nitrogen and oxygen atoms in total. The number of piperidine rings is 1. The van der Waals surface area contributed by atoms with Crippen LogP contribution in [0.4, 0.5) is 0 Å². The van der Waals surface area contributed by atoms with Gasteiger partial charge in [0.15, 0.2) is 0 Å². The van der Waals surface area contributed by atoms with Crippen molar-refractivity contribution >= 4 is 12.3 Å². The zero-order valence-corrected chi connectivity index (χ0v) is 6.75. The SMILES string of the molecule is NNC(=O)C1CCCCN1[C]=O. The molecule has 0 spiro atoms. The lowest BCUT2D eigenvalue weighted by Gasteiger charge is -2.29. The maximum absolute atomic E-state index is 11.1. The molecule has 0 aromatic rings. The number of carbonyl (C=O) groups excluding carboxylic acids is 2. The van der Waals surface area contributed by atoms with Gasteiger partial charge in [0.25, 0.3) is 5.91 Å². The first-order valence-electron chi connectivity index (χ1n) is 3.94. The van der Waals surface area contributed by atoms with Crippen LogP contribution in [0.1, 0.15) is 19.3 Å². The predicted molar refractivity (Wildman–Crippen MR) is 42.4 cm³/mol. The van der Waals surface area contributed by atoms with Crippen LogP contribution in [-0.2, 0) is 9.59 Å². The molecule has 1 atom stereocenters. The minimum absolute atomic E-state index is 0.307. The molecule has 0 aliphatic carbocycles. The van der Waals surface area contributed by atoms with Gasteiger partial charge in [-0.2, -0.15) is 0 Å². The summed E-state index contributed by atoms with van der Waals surface area (Å²) in [5.41, 5.74) is 2.04. The zero-order chi connectivity index (χ0) is 8.97. The highest BCUT2D eigenvalue weighted by molar-refractivity contribution is 5.83. The number of amides is 2. The van der Waals surface area contributed by atoms with Crippen molar-refractivity contribution in [2.24, 2.45) is 5.84 Å². The third kappa shape index (κ3) is 1.73. The monoisotopic (exact) mass is 170 g/mol. The summed E-state index contributed by atoms with van der Waals surface area (Å²) in [5, 5.41) is 0. The van der Waals surface area contributed by atoms with E-state index in [9.17, 15) is 9.59 Å². The van der Waals surface area contributed by atoms with Crippen LogP contribution in [0.25, 0.3) is 0 Å². The second-order valence-corrected chi connectivity index (χ2v) is 2.80. The molecule has 1 radical (unpaired) electrons. The number of nitrogens with two attached hydrogens (primary N) is 1. The maximum Gasteiger partial charge on any atom is 0.312 e. The van der Waals surface area contributed by atoms with E-state index in [0.717, 1.165) is 12.8 Å². The maximum atomic E-state index is 11.1. The normalized spacial score (nSPS) is 23.4. The van der Waals surface area contributed by atoms with Crippen LogP contribution >= 0.6 is 0 Å². The van der Waals surface area contributed by atoms with Crippen LogP contribution in [0.3, 0.4) is 0 Å². The minimum Gasteiger partial charge on any atom is -0.322 e.